The van der Waals surface area contributed by atoms with Crippen LogP contribution in [-0.2, 0) is 6.42 Å². The molecule has 1 atom stereocenters. The quantitative estimate of drug-likeness (QED) is 0.198. The number of nitrogens with one attached hydrogen (secondary N) is 2. The number of carbonyl (C=O) groups excluding carboxylic acids is 1. The van der Waals surface area contributed by atoms with Gasteiger partial charge in [-0.2, -0.15) is 5.53 Å². The fraction of sp³-hybridized carbons (Fsp3) is 0.500. The zero-order chi connectivity index (χ0) is 24.9. The molecule has 1 aromatic carbocycles. The number of unbranched alkanes of at least 4 members (excludes halogenated alkanes) is 3. The number of aromatic nitrogens is 1. The highest BCUT2D eigenvalue weighted by molar-refractivity contribution is 5.94. The Morgan fingerprint density at radius 2 is 1.97 bits per heavy atom. The normalized spacial score (nSPS) is 14.6. The summed E-state index contributed by atoms with van der Waals surface area (Å²) in [4.78, 5) is 35.2. The Balaban J connectivity index is 1.86. The summed E-state index contributed by atoms with van der Waals surface area (Å²) >= 11 is 0. The first-order valence-electron chi connectivity index (χ1n) is 11.4. The molecule has 10 nitrogen and oxygen atoms in total. The van der Waals surface area contributed by atoms with E-state index in [0.717, 1.165) is 31.2 Å². The Kier molecular flexibility index (Phi) is 7.80. The van der Waals surface area contributed by atoms with Crippen LogP contribution in [0.2, 0.25) is 0 Å². The lowest BCUT2D eigenvalue weighted by Crippen LogP contribution is -2.32. The zero-order valence-electron chi connectivity index (χ0n) is 19.8. The smallest absolute Gasteiger partial charge is 0.322 e. The summed E-state index contributed by atoms with van der Waals surface area (Å²) in [5, 5.41) is 16.1. The third kappa shape index (κ3) is 5.49. The lowest BCUT2D eigenvalue weighted by atomic mass is 9.78. The molecule has 1 amide bonds. The largest absolute Gasteiger partial charge is 0.504 e. The van der Waals surface area contributed by atoms with Crippen LogP contribution in [0.4, 0.5) is 0 Å². The molecular weight excluding hydrogens is 438 g/mol. The number of aromatic hydroxyl groups is 1. The third-order valence-corrected chi connectivity index (χ3v) is 6.12. The number of phenols is 1. The molecular formula is C24H31N5O5. The minimum atomic E-state index is -1.09. The molecule has 3 rings (SSSR count). The molecule has 0 spiro atoms. The lowest BCUT2D eigenvalue weighted by molar-refractivity contribution is 0.0998. The summed E-state index contributed by atoms with van der Waals surface area (Å²) in [5.41, 5.74) is 10.4. The SMILES string of the molecule is CC(C)(C)C1Cc2cc(OCCCCCCNN=N)c(O)cc2-c2cc(=O)c(C(=O)N=O)cn21. The highest BCUT2D eigenvalue weighted by Gasteiger charge is 2.34. The molecule has 0 radical (unpaired) electrons. The van der Waals surface area contributed by atoms with Crippen LogP contribution in [0.25, 0.3) is 11.3 Å². The van der Waals surface area contributed by atoms with E-state index in [1.165, 1.54) is 12.3 Å². The van der Waals surface area contributed by atoms with Gasteiger partial charge >= 0.3 is 5.91 Å². The maximum absolute atomic E-state index is 12.6. The molecule has 34 heavy (non-hydrogen) atoms. The van der Waals surface area contributed by atoms with E-state index in [1.54, 1.807) is 6.07 Å². The maximum Gasteiger partial charge on any atom is 0.322 e. The first-order chi connectivity index (χ1) is 16.2. The molecule has 2 aromatic rings. The van der Waals surface area contributed by atoms with Crippen molar-refractivity contribution in [2.45, 2.75) is 58.9 Å². The second kappa shape index (κ2) is 10.6. The standard InChI is InChI=1S/C24H31N5O5/c1-24(2,3)22-11-15-10-21(34-9-7-5-4-6-8-26-28-25)20(31)12-16(15)18-13-19(30)17(14-29(18)22)23(32)27-33/h10,12-14,22,31H,4-9,11H2,1-3H3,(H2,25,26). The first-order valence-corrected chi connectivity index (χ1v) is 11.4. The number of benzene rings is 1. The molecule has 0 aliphatic carbocycles. The molecule has 182 valence electrons. The van der Waals surface area contributed by atoms with E-state index in [9.17, 15) is 19.6 Å². The summed E-state index contributed by atoms with van der Waals surface area (Å²) in [7, 11) is 0. The van der Waals surface area contributed by atoms with Gasteiger partial charge in [0.1, 0.15) is 5.56 Å². The molecule has 1 aliphatic heterocycles. The van der Waals surface area contributed by atoms with Gasteiger partial charge in [-0.3, -0.25) is 15.0 Å². The van der Waals surface area contributed by atoms with E-state index < -0.39 is 11.3 Å². The average Bonchev–Trinajstić information content (AvgIpc) is 2.79. The topological polar surface area (TPSA) is 146 Å². The molecule has 1 aromatic heterocycles. The van der Waals surface area contributed by atoms with Gasteiger partial charge in [-0.25, -0.2) is 0 Å². The van der Waals surface area contributed by atoms with Gasteiger partial charge in [0.05, 0.1) is 12.3 Å². The number of rotatable bonds is 10. The fourth-order valence-electron chi connectivity index (χ4n) is 4.29. The first kappa shape index (κ1) is 25.1. The molecule has 0 saturated carbocycles. The van der Waals surface area contributed by atoms with Gasteiger partial charge in [0.2, 0.25) is 0 Å². The van der Waals surface area contributed by atoms with Gasteiger partial charge in [0, 0.05) is 35.6 Å². The van der Waals surface area contributed by atoms with E-state index >= 15 is 0 Å². The van der Waals surface area contributed by atoms with Crippen molar-refractivity contribution in [2.75, 3.05) is 13.2 Å². The fourth-order valence-corrected chi connectivity index (χ4v) is 4.29. The summed E-state index contributed by atoms with van der Waals surface area (Å²) in [6.07, 6.45) is 5.72. The van der Waals surface area contributed by atoms with Gasteiger partial charge in [0.25, 0.3) is 0 Å². The van der Waals surface area contributed by atoms with Crippen LogP contribution in [0.15, 0.2) is 39.6 Å². The van der Waals surface area contributed by atoms with Gasteiger partial charge in [-0.15, -0.1) is 4.91 Å². The van der Waals surface area contributed by atoms with Crippen LogP contribution in [-0.4, -0.2) is 28.7 Å². The zero-order valence-corrected chi connectivity index (χ0v) is 19.8. The molecule has 3 N–H and O–H groups in total. The summed E-state index contributed by atoms with van der Waals surface area (Å²) in [6, 6.07) is 4.64. The van der Waals surface area contributed by atoms with Crippen molar-refractivity contribution in [2.24, 2.45) is 15.8 Å². The summed E-state index contributed by atoms with van der Waals surface area (Å²) in [5.74, 6) is -0.718. The Labute approximate surface area is 197 Å². The average molecular weight is 470 g/mol. The maximum atomic E-state index is 12.6. The number of ether oxygens (including phenoxy) is 1. The van der Waals surface area contributed by atoms with Crippen LogP contribution in [0.3, 0.4) is 0 Å². The van der Waals surface area contributed by atoms with E-state index in [1.807, 2.05) is 10.6 Å². The summed E-state index contributed by atoms with van der Waals surface area (Å²) < 4.78 is 7.69. The van der Waals surface area contributed by atoms with Crippen LogP contribution in [0.1, 0.15) is 68.4 Å². The number of amides is 1. The van der Waals surface area contributed by atoms with Crippen molar-refractivity contribution in [1.82, 2.24) is 9.99 Å². The van der Waals surface area contributed by atoms with E-state index in [0.29, 0.717) is 36.6 Å². The monoisotopic (exact) mass is 469 g/mol. The molecule has 0 bridgehead atoms. The number of hydrogen-bond donors (Lipinski definition) is 3. The van der Waals surface area contributed by atoms with E-state index in [4.69, 9.17) is 10.3 Å². The third-order valence-electron chi connectivity index (χ3n) is 6.12. The van der Waals surface area contributed by atoms with Crippen molar-refractivity contribution < 1.29 is 14.6 Å². The highest BCUT2D eigenvalue weighted by Crippen LogP contribution is 2.45. The lowest BCUT2D eigenvalue weighted by Gasteiger charge is -2.39. The van der Waals surface area contributed by atoms with E-state index in [2.05, 4.69) is 36.6 Å². The Hall–Kier alpha value is -3.56. The number of phenolic OH excluding ortho intramolecular Hbond substituents is 1. The van der Waals surface area contributed by atoms with Crippen LogP contribution < -0.4 is 15.6 Å². The Morgan fingerprint density at radius 1 is 1.24 bits per heavy atom. The minimum Gasteiger partial charge on any atom is -0.504 e. The highest BCUT2D eigenvalue weighted by atomic mass is 16.5. The van der Waals surface area contributed by atoms with Crippen molar-refractivity contribution in [3.8, 4) is 22.8 Å². The molecule has 0 saturated heterocycles. The minimum absolute atomic E-state index is 0.0251. The van der Waals surface area contributed by atoms with Gasteiger partial charge in [-0.05, 0) is 42.4 Å². The number of hydrogen-bond acceptors (Lipinski definition) is 7. The number of pyridine rings is 1. The van der Waals surface area contributed by atoms with Crippen molar-refractivity contribution >= 4 is 5.91 Å². The predicted molar refractivity (Wildman–Crippen MR) is 127 cm³/mol. The van der Waals surface area contributed by atoms with Crippen molar-refractivity contribution in [3.05, 3.63) is 50.7 Å². The number of nitroso groups, excluding NO2 is 1. The molecule has 10 heteroatoms. The second-order valence-corrected chi connectivity index (χ2v) is 9.59. The summed E-state index contributed by atoms with van der Waals surface area (Å²) in [6.45, 7) is 7.34. The molecule has 0 fully saturated rings. The molecule has 1 aliphatic rings. The van der Waals surface area contributed by atoms with Crippen molar-refractivity contribution in [3.63, 3.8) is 0 Å². The molecule has 1 unspecified atom stereocenters. The molecule has 2 heterocycles. The number of carbonyl (C=O) groups is 1. The van der Waals surface area contributed by atoms with Gasteiger partial charge in [-0.1, -0.05) is 38.8 Å². The number of fused-ring (bicyclic) bond motifs is 3. The predicted octanol–water partition coefficient (Wildman–Crippen LogP) is 4.75. The van der Waals surface area contributed by atoms with Crippen LogP contribution in [0, 0.1) is 15.9 Å². The van der Waals surface area contributed by atoms with Gasteiger partial charge < -0.3 is 14.4 Å². The number of nitrogens with zero attached hydrogens (tertiary/aromatic N) is 3. The van der Waals surface area contributed by atoms with Gasteiger partial charge in [0.15, 0.2) is 16.9 Å². The Morgan fingerprint density at radius 3 is 2.65 bits per heavy atom. The van der Waals surface area contributed by atoms with Crippen LogP contribution >= 0.6 is 0 Å². The van der Waals surface area contributed by atoms with Crippen molar-refractivity contribution in [1.29, 1.82) is 5.53 Å². The second-order valence-electron chi connectivity index (χ2n) is 9.59. The Bertz CT molecular complexity index is 1140. The van der Waals surface area contributed by atoms with E-state index in [-0.39, 0.29) is 22.8 Å². The van der Waals surface area contributed by atoms with Crippen LogP contribution in [0.5, 0.6) is 11.5 Å².